The zero-order valence-electron chi connectivity index (χ0n) is 12.2. The van der Waals surface area contributed by atoms with Gasteiger partial charge in [0.1, 0.15) is 0 Å². The number of hydrogen-bond donors (Lipinski definition) is 1. The average molecular weight is 291 g/mol. The summed E-state index contributed by atoms with van der Waals surface area (Å²) in [5, 5.41) is 9.18. The van der Waals surface area contributed by atoms with Gasteiger partial charge < -0.3 is 19.5 Å². The summed E-state index contributed by atoms with van der Waals surface area (Å²) in [4.78, 5) is 13.5. The average Bonchev–Trinajstić information content (AvgIpc) is 3.12. The van der Waals surface area contributed by atoms with E-state index in [0.717, 1.165) is 43.1 Å². The van der Waals surface area contributed by atoms with Crippen LogP contribution in [0, 0.1) is 11.8 Å². The zero-order chi connectivity index (χ0) is 14.8. The van der Waals surface area contributed by atoms with Crippen LogP contribution in [-0.2, 0) is 4.79 Å². The fourth-order valence-corrected chi connectivity index (χ4v) is 3.19. The van der Waals surface area contributed by atoms with Crippen molar-refractivity contribution in [2.24, 2.45) is 11.8 Å². The predicted molar refractivity (Wildman–Crippen MR) is 78.9 cm³/mol. The molecule has 114 valence electrons. The van der Waals surface area contributed by atoms with Crippen LogP contribution < -0.4 is 14.4 Å². The van der Waals surface area contributed by atoms with Crippen LogP contribution in [0.15, 0.2) is 18.2 Å². The van der Waals surface area contributed by atoms with Crippen molar-refractivity contribution in [3.8, 4) is 11.5 Å². The molecule has 21 heavy (non-hydrogen) atoms. The molecule has 2 aliphatic heterocycles. The molecule has 1 aromatic carbocycles. The molecule has 1 saturated heterocycles. The van der Waals surface area contributed by atoms with Gasteiger partial charge in [-0.15, -0.1) is 0 Å². The van der Waals surface area contributed by atoms with Crippen LogP contribution in [0.4, 0.5) is 5.69 Å². The van der Waals surface area contributed by atoms with Gasteiger partial charge in [0.05, 0.1) is 5.92 Å². The van der Waals surface area contributed by atoms with E-state index < -0.39 is 5.97 Å². The highest BCUT2D eigenvalue weighted by atomic mass is 16.7. The number of anilines is 1. The number of ether oxygens (including phenoxy) is 2. The molecule has 1 aromatic rings. The van der Waals surface area contributed by atoms with E-state index >= 15 is 0 Å². The number of carboxylic acid groups (broad SMARTS) is 1. The molecule has 2 heterocycles. The molecule has 0 spiro atoms. The Morgan fingerprint density at radius 1 is 1.43 bits per heavy atom. The lowest BCUT2D eigenvalue weighted by Gasteiger charge is -2.20. The van der Waals surface area contributed by atoms with Crippen molar-refractivity contribution in [3.63, 3.8) is 0 Å². The second kappa shape index (κ2) is 5.84. The van der Waals surface area contributed by atoms with E-state index in [1.165, 1.54) is 0 Å². The van der Waals surface area contributed by atoms with E-state index in [1.54, 1.807) is 0 Å². The summed E-state index contributed by atoms with van der Waals surface area (Å²) in [6.45, 7) is 4.13. The van der Waals surface area contributed by atoms with Gasteiger partial charge in [0.25, 0.3) is 0 Å². The molecule has 2 atom stereocenters. The summed E-state index contributed by atoms with van der Waals surface area (Å²) in [7, 11) is 0. The van der Waals surface area contributed by atoms with E-state index in [2.05, 4.69) is 4.90 Å². The first-order chi connectivity index (χ1) is 10.2. The normalized spacial score (nSPS) is 21.6. The zero-order valence-corrected chi connectivity index (χ0v) is 12.2. The van der Waals surface area contributed by atoms with Crippen LogP contribution in [-0.4, -0.2) is 31.0 Å². The van der Waals surface area contributed by atoms with Crippen molar-refractivity contribution in [3.05, 3.63) is 18.2 Å². The topological polar surface area (TPSA) is 59.0 Å². The summed E-state index contributed by atoms with van der Waals surface area (Å²) >= 11 is 0. The summed E-state index contributed by atoms with van der Waals surface area (Å²) < 4.78 is 10.7. The highest BCUT2D eigenvalue weighted by Gasteiger charge is 2.28. The van der Waals surface area contributed by atoms with Crippen molar-refractivity contribution < 1.29 is 19.4 Å². The van der Waals surface area contributed by atoms with Crippen LogP contribution in [0.1, 0.15) is 26.2 Å². The van der Waals surface area contributed by atoms with Crippen LogP contribution in [0.25, 0.3) is 0 Å². The minimum absolute atomic E-state index is 0.216. The van der Waals surface area contributed by atoms with Crippen LogP contribution >= 0.6 is 0 Å². The summed E-state index contributed by atoms with van der Waals surface area (Å²) in [5.74, 6) is 1.17. The van der Waals surface area contributed by atoms with Crippen LogP contribution in [0.5, 0.6) is 11.5 Å². The van der Waals surface area contributed by atoms with E-state index in [0.29, 0.717) is 12.3 Å². The van der Waals surface area contributed by atoms with Crippen molar-refractivity contribution in [1.82, 2.24) is 0 Å². The van der Waals surface area contributed by atoms with Crippen LogP contribution in [0.3, 0.4) is 0 Å². The third-order valence-corrected chi connectivity index (χ3v) is 4.47. The van der Waals surface area contributed by atoms with Crippen molar-refractivity contribution in [1.29, 1.82) is 0 Å². The van der Waals surface area contributed by atoms with Gasteiger partial charge >= 0.3 is 5.97 Å². The highest BCUT2D eigenvalue weighted by molar-refractivity contribution is 5.69. The standard InChI is InChI=1S/C16H21NO4/c1-2-12(16(18)19)7-11-5-6-17(9-11)13-3-4-14-15(8-13)21-10-20-14/h3-4,8,11-12H,2,5-7,9-10H2,1H3,(H,18,19). The van der Waals surface area contributed by atoms with E-state index in [1.807, 2.05) is 25.1 Å². The van der Waals surface area contributed by atoms with Gasteiger partial charge in [-0.25, -0.2) is 0 Å². The number of fused-ring (bicyclic) bond motifs is 1. The molecule has 0 aromatic heterocycles. The maximum Gasteiger partial charge on any atom is 0.306 e. The lowest BCUT2D eigenvalue weighted by Crippen LogP contribution is -2.22. The number of benzene rings is 1. The van der Waals surface area contributed by atoms with Gasteiger partial charge in [-0.2, -0.15) is 0 Å². The largest absolute Gasteiger partial charge is 0.481 e. The molecule has 1 fully saturated rings. The maximum atomic E-state index is 11.2. The van der Waals surface area contributed by atoms with Gasteiger partial charge in [-0.05, 0) is 37.3 Å². The number of nitrogens with zero attached hydrogens (tertiary/aromatic N) is 1. The molecule has 2 unspecified atom stereocenters. The summed E-state index contributed by atoms with van der Waals surface area (Å²) in [5.41, 5.74) is 1.13. The molecule has 0 radical (unpaired) electrons. The van der Waals surface area contributed by atoms with E-state index in [4.69, 9.17) is 9.47 Å². The minimum Gasteiger partial charge on any atom is -0.481 e. The van der Waals surface area contributed by atoms with Gasteiger partial charge in [-0.1, -0.05) is 6.92 Å². The molecule has 0 bridgehead atoms. The Morgan fingerprint density at radius 3 is 3.00 bits per heavy atom. The fourth-order valence-electron chi connectivity index (χ4n) is 3.19. The molecule has 0 amide bonds. The fraction of sp³-hybridized carbons (Fsp3) is 0.562. The second-order valence-corrected chi connectivity index (χ2v) is 5.82. The van der Waals surface area contributed by atoms with Crippen molar-refractivity contribution in [2.45, 2.75) is 26.2 Å². The Morgan fingerprint density at radius 2 is 2.24 bits per heavy atom. The van der Waals surface area contributed by atoms with E-state index in [9.17, 15) is 9.90 Å². The monoisotopic (exact) mass is 291 g/mol. The van der Waals surface area contributed by atoms with Gasteiger partial charge in [0, 0.05) is 24.8 Å². The number of aliphatic carboxylic acids is 1. The molecule has 3 rings (SSSR count). The predicted octanol–water partition coefficient (Wildman–Crippen LogP) is 2.74. The lowest BCUT2D eigenvalue weighted by atomic mass is 9.92. The molecule has 0 aliphatic carbocycles. The first-order valence-electron chi connectivity index (χ1n) is 7.54. The second-order valence-electron chi connectivity index (χ2n) is 5.82. The van der Waals surface area contributed by atoms with Gasteiger partial charge in [0.15, 0.2) is 11.5 Å². The summed E-state index contributed by atoms with van der Waals surface area (Å²) in [6.07, 6.45) is 2.53. The molecule has 2 aliphatic rings. The Bertz CT molecular complexity index is 531. The maximum absolute atomic E-state index is 11.2. The lowest BCUT2D eigenvalue weighted by molar-refractivity contribution is -0.142. The molecule has 1 N–H and O–H groups in total. The molecular weight excluding hydrogens is 270 g/mol. The highest BCUT2D eigenvalue weighted by Crippen LogP contribution is 2.37. The smallest absolute Gasteiger partial charge is 0.306 e. The third-order valence-electron chi connectivity index (χ3n) is 4.47. The first kappa shape index (κ1) is 14.0. The number of carbonyl (C=O) groups is 1. The molecule has 0 saturated carbocycles. The molecular formula is C16H21NO4. The first-order valence-corrected chi connectivity index (χ1v) is 7.54. The number of rotatable bonds is 5. The Kier molecular flexibility index (Phi) is 3.90. The Hall–Kier alpha value is -1.91. The third kappa shape index (κ3) is 2.91. The number of carboxylic acids is 1. The summed E-state index contributed by atoms with van der Waals surface area (Å²) in [6, 6.07) is 6.00. The van der Waals surface area contributed by atoms with Crippen LogP contribution in [0.2, 0.25) is 0 Å². The Labute approximate surface area is 124 Å². The van der Waals surface area contributed by atoms with E-state index in [-0.39, 0.29) is 12.7 Å². The van der Waals surface area contributed by atoms with Gasteiger partial charge in [0.2, 0.25) is 6.79 Å². The minimum atomic E-state index is -0.668. The molecule has 5 heteroatoms. The van der Waals surface area contributed by atoms with Crippen molar-refractivity contribution in [2.75, 3.05) is 24.8 Å². The van der Waals surface area contributed by atoms with Crippen molar-refractivity contribution >= 4 is 11.7 Å². The quantitative estimate of drug-likeness (QED) is 0.904. The SMILES string of the molecule is CCC(CC1CCN(c2ccc3c(c2)OCO3)C1)C(=O)O. The number of hydrogen-bond acceptors (Lipinski definition) is 4. The Balaban J connectivity index is 1.63. The molecule has 5 nitrogen and oxygen atoms in total. The van der Waals surface area contributed by atoms with Gasteiger partial charge in [-0.3, -0.25) is 4.79 Å².